The van der Waals surface area contributed by atoms with Crippen molar-refractivity contribution in [3.63, 3.8) is 0 Å². The van der Waals surface area contributed by atoms with Crippen molar-refractivity contribution in [2.45, 2.75) is 18.0 Å². The van der Waals surface area contributed by atoms with Crippen molar-refractivity contribution in [1.82, 2.24) is 4.98 Å². The van der Waals surface area contributed by atoms with E-state index in [1.807, 2.05) is 0 Å². The normalized spacial score (nSPS) is 13.2. The van der Waals surface area contributed by atoms with E-state index in [1.54, 1.807) is 12.1 Å². The second-order valence-electron chi connectivity index (χ2n) is 4.52. The molecule has 1 aromatic heterocycles. The number of hydrogen-bond donors (Lipinski definition) is 1. The molecule has 0 unspecified atom stereocenters. The summed E-state index contributed by atoms with van der Waals surface area (Å²) < 4.78 is 76.4. The standard InChI is InChI=1S/C14H9F6NO/c15-13(16,17)12(22,14(18,19)20)11-5-3-9(4-6-11)10-2-1-7-21-8-10/h1-8,22H. The summed E-state index contributed by atoms with van der Waals surface area (Å²) in [6, 6.07) is 6.50. The predicted octanol–water partition coefficient (Wildman–Crippen LogP) is 4.06. The van der Waals surface area contributed by atoms with Gasteiger partial charge in [-0.15, -0.1) is 0 Å². The Bertz CT molecular complexity index is 619. The van der Waals surface area contributed by atoms with Gasteiger partial charge in [-0.1, -0.05) is 30.3 Å². The van der Waals surface area contributed by atoms with Gasteiger partial charge in [0.2, 0.25) is 0 Å². The highest BCUT2D eigenvalue weighted by atomic mass is 19.4. The minimum absolute atomic E-state index is 0.378. The molecule has 0 amide bonds. The van der Waals surface area contributed by atoms with Gasteiger partial charge in [-0.25, -0.2) is 0 Å². The number of hydrogen-bond acceptors (Lipinski definition) is 2. The highest BCUT2D eigenvalue weighted by molar-refractivity contribution is 5.62. The van der Waals surface area contributed by atoms with E-state index < -0.39 is 23.5 Å². The summed E-state index contributed by atoms with van der Waals surface area (Å²) in [5.41, 5.74) is -5.30. The van der Waals surface area contributed by atoms with Crippen molar-refractivity contribution in [2.24, 2.45) is 0 Å². The van der Waals surface area contributed by atoms with Crippen LogP contribution in [0.5, 0.6) is 0 Å². The first-order valence-corrected chi connectivity index (χ1v) is 5.94. The molecular formula is C14H9F6NO. The monoisotopic (exact) mass is 321 g/mol. The van der Waals surface area contributed by atoms with E-state index in [1.165, 1.54) is 12.4 Å². The summed E-state index contributed by atoms with van der Waals surface area (Å²) in [5, 5.41) is 9.25. The molecule has 2 nitrogen and oxygen atoms in total. The molecule has 0 aliphatic rings. The van der Waals surface area contributed by atoms with E-state index in [-0.39, 0.29) is 0 Å². The van der Waals surface area contributed by atoms with Gasteiger partial charge in [0.05, 0.1) is 0 Å². The van der Waals surface area contributed by atoms with Gasteiger partial charge >= 0.3 is 12.4 Å². The number of rotatable bonds is 2. The molecule has 0 fully saturated rings. The molecule has 1 N–H and O–H groups in total. The van der Waals surface area contributed by atoms with Gasteiger partial charge in [0.15, 0.2) is 0 Å². The van der Waals surface area contributed by atoms with Gasteiger partial charge in [-0.2, -0.15) is 26.3 Å². The maximum atomic E-state index is 12.7. The highest BCUT2D eigenvalue weighted by Gasteiger charge is 2.71. The van der Waals surface area contributed by atoms with Crippen molar-refractivity contribution in [2.75, 3.05) is 0 Å². The zero-order valence-corrected chi connectivity index (χ0v) is 10.8. The molecule has 2 aromatic rings. The van der Waals surface area contributed by atoms with Crippen LogP contribution in [0, 0.1) is 0 Å². The van der Waals surface area contributed by atoms with Gasteiger partial charge in [0, 0.05) is 18.0 Å². The van der Waals surface area contributed by atoms with Crippen LogP contribution in [0.2, 0.25) is 0 Å². The number of alkyl halides is 6. The fraction of sp³-hybridized carbons (Fsp3) is 0.214. The van der Waals surface area contributed by atoms with Crippen LogP contribution < -0.4 is 0 Å². The van der Waals surface area contributed by atoms with Crippen LogP contribution in [0.1, 0.15) is 5.56 Å². The Balaban J connectivity index is 2.48. The summed E-state index contributed by atoms with van der Waals surface area (Å²) in [5.74, 6) is 0. The molecule has 0 saturated heterocycles. The van der Waals surface area contributed by atoms with Crippen LogP contribution >= 0.6 is 0 Å². The molecule has 0 aliphatic heterocycles. The fourth-order valence-corrected chi connectivity index (χ4v) is 1.93. The Labute approximate surface area is 121 Å². The molecular weight excluding hydrogens is 312 g/mol. The van der Waals surface area contributed by atoms with Crippen LogP contribution in [0.25, 0.3) is 11.1 Å². The third kappa shape index (κ3) is 2.66. The number of nitrogens with zero attached hydrogens (tertiary/aromatic N) is 1. The first kappa shape index (κ1) is 16.3. The first-order valence-electron chi connectivity index (χ1n) is 5.94. The quantitative estimate of drug-likeness (QED) is 0.846. The van der Waals surface area contributed by atoms with Gasteiger partial charge in [0.25, 0.3) is 5.60 Å². The largest absolute Gasteiger partial charge is 0.430 e. The molecule has 0 radical (unpaired) electrons. The molecule has 0 spiro atoms. The Morgan fingerprint density at radius 1 is 0.773 bits per heavy atom. The van der Waals surface area contributed by atoms with Crippen molar-refractivity contribution < 1.29 is 31.4 Å². The predicted molar refractivity (Wildman–Crippen MR) is 65.7 cm³/mol. The van der Waals surface area contributed by atoms with Crippen molar-refractivity contribution in [3.05, 3.63) is 54.4 Å². The lowest BCUT2D eigenvalue weighted by Crippen LogP contribution is -2.53. The molecule has 2 rings (SSSR count). The van der Waals surface area contributed by atoms with Gasteiger partial charge in [-0.3, -0.25) is 4.98 Å². The van der Waals surface area contributed by atoms with E-state index >= 15 is 0 Å². The molecule has 0 aliphatic carbocycles. The summed E-state index contributed by atoms with van der Waals surface area (Å²) >= 11 is 0. The second kappa shape index (κ2) is 5.28. The number of halogens is 6. The van der Waals surface area contributed by atoms with Crippen LogP contribution in [-0.2, 0) is 5.60 Å². The molecule has 0 bridgehead atoms. The number of benzene rings is 1. The van der Waals surface area contributed by atoms with Gasteiger partial charge in [-0.05, 0) is 17.2 Å². The van der Waals surface area contributed by atoms with Crippen LogP contribution in [0.3, 0.4) is 0 Å². The van der Waals surface area contributed by atoms with Gasteiger partial charge in [0.1, 0.15) is 0 Å². The highest BCUT2D eigenvalue weighted by Crippen LogP contribution is 2.50. The minimum Gasteiger partial charge on any atom is -0.369 e. The second-order valence-corrected chi connectivity index (χ2v) is 4.52. The average molecular weight is 321 g/mol. The van der Waals surface area contributed by atoms with Gasteiger partial charge < -0.3 is 5.11 Å². The lowest BCUT2D eigenvalue weighted by molar-refractivity contribution is -0.376. The van der Waals surface area contributed by atoms with E-state index in [0.717, 1.165) is 12.1 Å². The maximum Gasteiger partial charge on any atom is 0.430 e. The number of aliphatic hydroxyl groups is 1. The van der Waals surface area contributed by atoms with E-state index in [9.17, 15) is 31.4 Å². The lowest BCUT2D eigenvalue weighted by atomic mass is 9.91. The van der Waals surface area contributed by atoms with Crippen molar-refractivity contribution in [3.8, 4) is 11.1 Å². The first-order chi connectivity index (χ1) is 10.1. The maximum absolute atomic E-state index is 12.7. The SMILES string of the molecule is OC(c1ccc(-c2cccnc2)cc1)(C(F)(F)F)C(F)(F)F. The fourth-order valence-electron chi connectivity index (χ4n) is 1.93. The molecule has 1 aromatic carbocycles. The molecule has 22 heavy (non-hydrogen) atoms. The zero-order valence-electron chi connectivity index (χ0n) is 10.8. The van der Waals surface area contributed by atoms with E-state index in [4.69, 9.17) is 0 Å². The zero-order chi connectivity index (χ0) is 16.6. The Morgan fingerprint density at radius 2 is 1.32 bits per heavy atom. The summed E-state index contributed by atoms with van der Waals surface area (Å²) in [7, 11) is 0. The Hall–Kier alpha value is -2.09. The smallest absolute Gasteiger partial charge is 0.369 e. The topological polar surface area (TPSA) is 33.1 Å². The number of aromatic nitrogens is 1. The van der Waals surface area contributed by atoms with Crippen molar-refractivity contribution >= 4 is 0 Å². The molecule has 0 atom stereocenters. The number of pyridine rings is 1. The molecule has 8 heteroatoms. The summed E-state index contributed by atoms with van der Waals surface area (Å²) in [4.78, 5) is 3.80. The van der Waals surface area contributed by atoms with E-state index in [2.05, 4.69) is 4.98 Å². The Morgan fingerprint density at radius 3 is 1.73 bits per heavy atom. The van der Waals surface area contributed by atoms with Crippen LogP contribution in [-0.4, -0.2) is 22.4 Å². The molecule has 0 saturated carbocycles. The van der Waals surface area contributed by atoms with E-state index in [0.29, 0.717) is 23.3 Å². The van der Waals surface area contributed by atoms with Crippen LogP contribution in [0.15, 0.2) is 48.8 Å². The Kier molecular flexibility index (Phi) is 3.90. The molecule has 1 heterocycles. The average Bonchev–Trinajstić information content (AvgIpc) is 2.45. The third-order valence-corrected chi connectivity index (χ3v) is 3.12. The van der Waals surface area contributed by atoms with Crippen LogP contribution in [0.4, 0.5) is 26.3 Å². The summed E-state index contributed by atoms with van der Waals surface area (Å²) in [6.45, 7) is 0. The lowest BCUT2D eigenvalue weighted by Gasteiger charge is -2.32. The van der Waals surface area contributed by atoms with Crippen molar-refractivity contribution in [1.29, 1.82) is 0 Å². The summed E-state index contributed by atoms with van der Waals surface area (Å²) in [6.07, 6.45) is -8.89. The molecule has 118 valence electrons. The third-order valence-electron chi connectivity index (χ3n) is 3.12. The minimum atomic E-state index is -5.89.